The highest BCUT2D eigenvalue weighted by molar-refractivity contribution is 5.91. The van der Waals surface area contributed by atoms with Gasteiger partial charge < -0.3 is 19.4 Å². The van der Waals surface area contributed by atoms with E-state index in [4.69, 9.17) is 15.1 Å². The van der Waals surface area contributed by atoms with Gasteiger partial charge in [0, 0.05) is 39.9 Å². The van der Waals surface area contributed by atoms with E-state index in [-0.39, 0.29) is 0 Å². The Morgan fingerprint density at radius 2 is 1.92 bits per heavy atom. The van der Waals surface area contributed by atoms with Crippen LogP contribution in [0.2, 0.25) is 0 Å². The second kappa shape index (κ2) is 14.8. The number of likely N-dealkylation sites (N-methyl/N-ethyl adjacent to an activating group) is 2. The van der Waals surface area contributed by atoms with Crippen LogP contribution in [0.25, 0.3) is 5.70 Å². The van der Waals surface area contributed by atoms with Gasteiger partial charge in [-0.3, -0.25) is 5.41 Å². The van der Waals surface area contributed by atoms with E-state index in [2.05, 4.69) is 75.6 Å². The van der Waals surface area contributed by atoms with Crippen LogP contribution >= 0.6 is 0 Å². The third kappa shape index (κ3) is 9.07. The van der Waals surface area contributed by atoms with Crippen LogP contribution in [0.5, 0.6) is 0 Å². The van der Waals surface area contributed by atoms with E-state index < -0.39 is 0 Å². The quantitative estimate of drug-likeness (QED) is 0.238. The van der Waals surface area contributed by atoms with Crippen LogP contribution in [-0.4, -0.2) is 87.9 Å². The second-order valence-corrected chi connectivity index (χ2v) is 10.1. The predicted octanol–water partition coefficient (Wildman–Crippen LogP) is 5.48. The topological polar surface area (TPSA) is 55.2 Å². The average Bonchev–Trinajstić information content (AvgIpc) is 3.33. The monoisotopic (exact) mass is 493 g/mol. The molecule has 0 saturated heterocycles. The van der Waals surface area contributed by atoms with Crippen molar-refractivity contribution in [1.29, 1.82) is 5.41 Å². The first-order valence-corrected chi connectivity index (χ1v) is 13.0. The molecule has 0 aromatic heterocycles. The Kier molecular flexibility index (Phi) is 12.1. The van der Waals surface area contributed by atoms with Crippen LogP contribution in [0.4, 0.5) is 0 Å². The van der Waals surface area contributed by atoms with Crippen LogP contribution in [0, 0.1) is 18.3 Å². The van der Waals surface area contributed by atoms with Crippen molar-refractivity contribution in [3.05, 3.63) is 65.3 Å². The standard InChI is InChI=1S/C30H47N5O/c1-9-25(22-29(31)35(7)17-11-16-33(4)5)26-14-15-28(21-26)30(27-13-10-12-23(2)20-27)32-24(3)34(6)18-19-36-8/h9-10,12-13,20,22,26,31H,1,11,14-19,21H2,2-8H3/b25-22+,30-28-,31-29?,32-24+. The summed E-state index contributed by atoms with van der Waals surface area (Å²) in [7, 11) is 9.96. The lowest BCUT2D eigenvalue weighted by molar-refractivity contribution is 0.182. The van der Waals surface area contributed by atoms with Gasteiger partial charge in [-0.05, 0) is 89.4 Å². The fraction of sp³-hybridized carbons (Fsp3) is 0.533. The van der Waals surface area contributed by atoms with Gasteiger partial charge in [-0.1, -0.05) is 36.4 Å². The molecular weight excluding hydrogens is 446 g/mol. The molecule has 0 amide bonds. The molecule has 1 N–H and O–H groups in total. The number of amidine groups is 2. The van der Waals surface area contributed by atoms with Crippen molar-refractivity contribution in [2.75, 3.05) is 61.5 Å². The summed E-state index contributed by atoms with van der Waals surface area (Å²) < 4.78 is 5.25. The van der Waals surface area contributed by atoms with Crippen molar-refractivity contribution in [3.63, 3.8) is 0 Å². The first kappa shape index (κ1) is 29.5. The van der Waals surface area contributed by atoms with Crippen LogP contribution < -0.4 is 0 Å². The molecule has 0 radical (unpaired) electrons. The van der Waals surface area contributed by atoms with E-state index in [1.807, 2.05) is 24.1 Å². The first-order valence-electron chi connectivity index (χ1n) is 13.0. The number of benzene rings is 1. The minimum atomic E-state index is 0.356. The summed E-state index contributed by atoms with van der Waals surface area (Å²) in [6, 6.07) is 8.63. The highest BCUT2D eigenvalue weighted by atomic mass is 16.5. The largest absolute Gasteiger partial charge is 0.383 e. The molecule has 198 valence electrons. The number of rotatable bonds is 12. The Balaban J connectivity index is 2.29. The second-order valence-electron chi connectivity index (χ2n) is 10.1. The molecular formula is C30H47N5O. The molecule has 0 spiro atoms. The molecule has 1 saturated carbocycles. The third-order valence-corrected chi connectivity index (χ3v) is 6.89. The fourth-order valence-electron chi connectivity index (χ4n) is 4.48. The number of methoxy groups -OCH3 is 1. The number of nitrogens with zero attached hydrogens (tertiary/aromatic N) is 4. The van der Waals surface area contributed by atoms with E-state index in [1.165, 1.54) is 16.7 Å². The first-order chi connectivity index (χ1) is 17.2. The molecule has 6 nitrogen and oxygen atoms in total. The summed E-state index contributed by atoms with van der Waals surface area (Å²) in [5.74, 6) is 1.89. The molecule has 0 heterocycles. The maximum atomic E-state index is 8.60. The lowest BCUT2D eigenvalue weighted by Crippen LogP contribution is -2.28. The number of hydrogen-bond acceptors (Lipinski definition) is 4. The van der Waals surface area contributed by atoms with E-state index in [0.29, 0.717) is 18.4 Å². The molecule has 1 unspecified atom stereocenters. The third-order valence-electron chi connectivity index (χ3n) is 6.89. The van der Waals surface area contributed by atoms with Crippen LogP contribution in [0.15, 0.2) is 59.1 Å². The maximum absolute atomic E-state index is 8.60. The van der Waals surface area contributed by atoms with Gasteiger partial charge in [-0.2, -0.15) is 0 Å². The fourth-order valence-corrected chi connectivity index (χ4v) is 4.48. The Morgan fingerprint density at radius 3 is 2.56 bits per heavy atom. The molecule has 2 rings (SSSR count). The van der Waals surface area contributed by atoms with E-state index >= 15 is 0 Å². The number of ether oxygens (including phenoxy) is 1. The highest BCUT2D eigenvalue weighted by Gasteiger charge is 2.25. The smallest absolute Gasteiger partial charge is 0.120 e. The SMILES string of the molecule is C=C/C(=C\C(=N)N(C)CCCN(C)C)C1CC/C(=C(/N=C(\C)N(C)CCOC)c2cccc(C)c2)C1. The summed E-state index contributed by atoms with van der Waals surface area (Å²) in [5, 5.41) is 8.60. The van der Waals surface area contributed by atoms with Crippen molar-refractivity contribution >= 4 is 17.4 Å². The van der Waals surface area contributed by atoms with Gasteiger partial charge >= 0.3 is 0 Å². The minimum absolute atomic E-state index is 0.356. The summed E-state index contributed by atoms with van der Waals surface area (Å²) in [6.07, 6.45) is 7.98. The zero-order chi connectivity index (χ0) is 26.7. The molecule has 6 heteroatoms. The Hall–Kier alpha value is -2.70. The molecule has 1 fully saturated rings. The van der Waals surface area contributed by atoms with E-state index in [9.17, 15) is 0 Å². The van der Waals surface area contributed by atoms with Crippen molar-refractivity contribution in [2.45, 2.75) is 39.5 Å². The number of nitrogens with one attached hydrogen (secondary N) is 1. The van der Waals surface area contributed by atoms with Crippen LogP contribution in [-0.2, 0) is 4.74 Å². The lowest BCUT2D eigenvalue weighted by atomic mass is 9.95. The van der Waals surface area contributed by atoms with Gasteiger partial charge in [-0.25, -0.2) is 4.99 Å². The number of allylic oxidation sites excluding steroid dienone is 3. The average molecular weight is 494 g/mol. The number of hydrogen-bond donors (Lipinski definition) is 1. The predicted molar refractivity (Wildman–Crippen MR) is 155 cm³/mol. The number of aryl methyl sites for hydroxylation is 1. The molecule has 1 aromatic carbocycles. The summed E-state index contributed by atoms with van der Waals surface area (Å²) in [6.45, 7) is 11.7. The molecule has 1 aromatic rings. The Bertz CT molecular complexity index is 975. The van der Waals surface area contributed by atoms with Gasteiger partial charge in [0.25, 0.3) is 0 Å². The van der Waals surface area contributed by atoms with Crippen LogP contribution in [0.3, 0.4) is 0 Å². The molecule has 36 heavy (non-hydrogen) atoms. The van der Waals surface area contributed by atoms with Crippen molar-refractivity contribution < 1.29 is 4.74 Å². The summed E-state index contributed by atoms with van der Waals surface area (Å²) in [5.41, 5.74) is 6.02. The van der Waals surface area contributed by atoms with Gasteiger partial charge in [-0.15, -0.1) is 0 Å². The highest BCUT2D eigenvalue weighted by Crippen LogP contribution is 2.40. The minimum Gasteiger partial charge on any atom is -0.383 e. The van der Waals surface area contributed by atoms with E-state index in [1.54, 1.807) is 7.11 Å². The van der Waals surface area contributed by atoms with Crippen molar-refractivity contribution in [3.8, 4) is 0 Å². The zero-order valence-corrected chi connectivity index (χ0v) is 23.6. The van der Waals surface area contributed by atoms with Crippen molar-refractivity contribution in [2.24, 2.45) is 10.9 Å². The molecule has 0 aliphatic heterocycles. The Labute approximate surface area is 219 Å². The van der Waals surface area contributed by atoms with Gasteiger partial charge in [0.2, 0.25) is 0 Å². The van der Waals surface area contributed by atoms with Gasteiger partial charge in [0.05, 0.1) is 12.3 Å². The number of aliphatic imine (C=N–C) groups is 1. The lowest BCUT2D eigenvalue weighted by Gasteiger charge is -2.21. The molecule has 1 aliphatic carbocycles. The van der Waals surface area contributed by atoms with Crippen LogP contribution in [0.1, 0.15) is 43.7 Å². The van der Waals surface area contributed by atoms with E-state index in [0.717, 1.165) is 62.4 Å². The Morgan fingerprint density at radius 1 is 1.17 bits per heavy atom. The summed E-state index contributed by atoms with van der Waals surface area (Å²) >= 11 is 0. The van der Waals surface area contributed by atoms with Gasteiger partial charge in [0.1, 0.15) is 11.7 Å². The summed E-state index contributed by atoms with van der Waals surface area (Å²) in [4.78, 5) is 11.5. The zero-order valence-electron chi connectivity index (χ0n) is 23.6. The maximum Gasteiger partial charge on any atom is 0.120 e. The normalized spacial score (nSPS) is 17.9. The van der Waals surface area contributed by atoms with Gasteiger partial charge in [0.15, 0.2) is 0 Å². The molecule has 1 atom stereocenters. The molecule has 0 bridgehead atoms. The molecule has 1 aliphatic rings. The van der Waals surface area contributed by atoms with Crippen molar-refractivity contribution in [1.82, 2.24) is 14.7 Å².